The van der Waals surface area contributed by atoms with Gasteiger partial charge in [0, 0.05) is 0 Å². The number of carbonyl (C=O) groups excluding carboxylic acids is 3. The first-order chi connectivity index (χ1) is 12.4. The van der Waals surface area contributed by atoms with E-state index < -0.39 is 17.4 Å². The highest BCUT2D eigenvalue weighted by molar-refractivity contribution is 5.97. The van der Waals surface area contributed by atoms with Gasteiger partial charge in [0.05, 0.1) is 17.8 Å². The van der Waals surface area contributed by atoms with Crippen LogP contribution in [0.3, 0.4) is 0 Å². The van der Waals surface area contributed by atoms with E-state index in [9.17, 15) is 14.4 Å². The molecule has 0 aromatic rings. The lowest BCUT2D eigenvalue weighted by atomic mass is 9.61. The molecule has 3 rings (SSSR count). The highest BCUT2D eigenvalue weighted by Gasteiger charge is 2.63. The van der Waals surface area contributed by atoms with Gasteiger partial charge in [0.1, 0.15) is 5.60 Å². The van der Waals surface area contributed by atoms with Crippen molar-refractivity contribution in [3.63, 3.8) is 0 Å². The lowest BCUT2D eigenvalue weighted by Gasteiger charge is -2.41. The Bertz CT molecular complexity index is 629. The van der Waals surface area contributed by atoms with Crippen molar-refractivity contribution in [1.82, 2.24) is 0 Å². The van der Waals surface area contributed by atoms with Crippen LogP contribution in [-0.4, -0.2) is 23.5 Å². The molecule has 152 valence electrons. The van der Waals surface area contributed by atoms with Crippen LogP contribution in [0.2, 0.25) is 0 Å². The monoisotopic (exact) mass is 378 g/mol. The van der Waals surface area contributed by atoms with E-state index in [0.29, 0.717) is 17.8 Å². The van der Waals surface area contributed by atoms with Crippen LogP contribution in [0.1, 0.15) is 61.3 Å². The Kier molecular flexibility index (Phi) is 5.19. The molecule has 0 amide bonds. The molecule has 2 bridgehead atoms. The van der Waals surface area contributed by atoms with E-state index in [1.165, 1.54) is 0 Å². The Morgan fingerprint density at radius 1 is 1.04 bits per heavy atom. The van der Waals surface area contributed by atoms with Gasteiger partial charge in [-0.3, -0.25) is 14.4 Å². The number of fused-ring (bicyclic) bond motifs is 2. The van der Waals surface area contributed by atoms with E-state index >= 15 is 0 Å². The zero-order chi connectivity index (χ0) is 20.3. The van der Waals surface area contributed by atoms with Gasteiger partial charge in [-0.05, 0) is 69.1 Å². The standard InChI is InChI=1S/C22H34O5/c1-10(2)15-12-8-13(14(9-12)19(23)27-22(5,6)7)17(15)18-16(11(3)4)20(24)26-21(18)25/h10-18H,8-9H2,1-7H3. The fraction of sp³-hybridized carbons (Fsp3) is 0.864. The highest BCUT2D eigenvalue weighted by atomic mass is 16.6. The minimum atomic E-state index is -0.519. The van der Waals surface area contributed by atoms with Crippen molar-refractivity contribution in [2.24, 2.45) is 53.3 Å². The van der Waals surface area contributed by atoms with Crippen molar-refractivity contribution in [1.29, 1.82) is 0 Å². The molecule has 3 aliphatic rings. The van der Waals surface area contributed by atoms with Gasteiger partial charge in [0.25, 0.3) is 0 Å². The summed E-state index contributed by atoms with van der Waals surface area (Å²) in [5.74, 6) is -0.605. The molecule has 1 heterocycles. The number of ether oxygens (including phenoxy) is 2. The molecule has 27 heavy (non-hydrogen) atoms. The molecule has 1 saturated heterocycles. The van der Waals surface area contributed by atoms with Gasteiger partial charge >= 0.3 is 17.9 Å². The summed E-state index contributed by atoms with van der Waals surface area (Å²) in [6.07, 6.45) is 1.78. The lowest BCUT2D eigenvalue weighted by molar-refractivity contribution is -0.165. The van der Waals surface area contributed by atoms with Crippen LogP contribution in [0.25, 0.3) is 0 Å². The van der Waals surface area contributed by atoms with Gasteiger partial charge < -0.3 is 9.47 Å². The highest BCUT2D eigenvalue weighted by Crippen LogP contribution is 2.62. The second kappa shape index (κ2) is 6.89. The van der Waals surface area contributed by atoms with Crippen molar-refractivity contribution in [3.8, 4) is 0 Å². The van der Waals surface area contributed by atoms with E-state index in [1.54, 1.807) is 0 Å². The number of cyclic esters (lactones) is 2. The van der Waals surface area contributed by atoms with Gasteiger partial charge in [-0.1, -0.05) is 27.7 Å². The zero-order valence-corrected chi connectivity index (χ0v) is 17.7. The fourth-order valence-electron chi connectivity index (χ4n) is 6.21. The minimum absolute atomic E-state index is 0.0209. The minimum Gasteiger partial charge on any atom is -0.460 e. The smallest absolute Gasteiger partial charge is 0.317 e. The normalized spacial score (nSPS) is 38.8. The first-order valence-electron chi connectivity index (χ1n) is 10.4. The molecular weight excluding hydrogens is 344 g/mol. The third kappa shape index (κ3) is 3.54. The number of hydrogen-bond donors (Lipinski definition) is 0. The molecular formula is C22H34O5. The maximum atomic E-state index is 12.8. The molecule has 5 nitrogen and oxygen atoms in total. The zero-order valence-electron chi connectivity index (χ0n) is 17.7. The van der Waals surface area contributed by atoms with Crippen LogP contribution in [-0.2, 0) is 23.9 Å². The van der Waals surface area contributed by atoms with Crippen molar-refractivity contribution in [3.05, 3.63) is 0 Å². The summed E-state index contributed by atoms with van der Waals surface area (Å²) in [5.41, 5.74) is -0.519. The molecule has 2 aliphatic carbocycles. The number of rotatable bonds is 4. The Hall–Kier alpha value is -1.39. The molecule has 0 spiro atoms. The van der Waals surface area contributed by atoms with E-state index in [1.807, 2.05) is 34.6 Å². The Morgan fingerprint density at radius 2 is 1.67 bits per heavy atom. The molecule has 0 aromatic carbocycles. The Morgan fingerprint density at radius 3 is 2.19 bits per heavy atom. The predicted octanol–water partition coefficient (Wildman–Crippen LogP) is 3.84. The topological polar surface area (TPSA) is 69.7 Å². The summed E-state index contributed by atoms with van der Waals surface area (Å²) in [6, 6.07) is 0. The molecule has 1 aliphatic heterocycles. The van der Waals surface area contributed by atoms with Crippen LogP contribution in [0.15, 0.2) is 0 Å². The van der Waals surface area contributed by atoms with Gasteiger partial charge in [0.15, 0.2) is 0 Å². The summed E-state index contributed by atoms with van der Waals surface area (Å²) < 4.78 is 10.8. The summed E-state index contributed by atoms with van der Waals surface area (Å²) >= 11 is 0. The largest absolute Gasteiger partial charge is 0.460 e. The predicted molar refractivity (Wildman–Crippen MR) is 100 cm³/mol. The van der Waals surface area contributed by atoms with Crippen LogP contribution >= 0.6 is 0 Å². The number of esters is 3. The van der Waals surface area contributed by atoms with Crippen molar-refractivity contribution in [2.75, 3.05) is 0 Å². The van der Waals surface area contributed by atoms with Gasteiger partial charge in [-0.25, -0.2) is 0 Å². The first kappa shape index (κ1) is 20.3. The maximum absolute atomic E-state index is 12.8. The second-order valence-electron chi connectivity index (χ2n) is 10.5. The average Bonchev–Trinajstić information content (AvgIpc) is 3.14. The molecule has 5 heteroatoms. The summed E-state index contributed by atoms with van der Waals surface area (Å²) in [5, 5.41) is 0. The molecule has 7 atom stereocenters. The third-order valence-electron chi connectivity index (χ3n) is 6.88. The maximum Gasteiger partial charge on any atom is 0.317 e. The SMILES string of the molecule is CC(C)C1C(=O)OC(=O)C1C1C2CC(CC2C(=O)OC(C)(C)C)C1C(C)C. The Balaban J connectivity index is 1.93. The van der Waals surface area contributed by atoms with E-state index in [0.717, 1.165) is 12.8 Å². The average molecular weight is 379 g/mol. The van der Waals surface area contributed by atoms with Crippen LogP contribution < -0.4 is 0 Å². The molecule has 0 aromatic heterocycles. The van der Waals surface area contributed by atoms with Gasteiger partial charge in [0.2, 0.25) is 0 Å². The lowest BCUT2D eigenvalue weighted by Crippen LogP contribution is -2.44. The summed E-state index contributed by atoms with van der Waals surface area (Å²) in [7, 11) is 0. The van der Waals surface area contributed by atoms with E-state index in [4.69, 9.17) is 9.47 Å². The summed E-state index contributed by atoms with van der Waals surface area (Å²) in [4.78, 5) is 37.9. The molecule has 2 saturated carbocycles. The van der Waals surface area contributed by atoms with Crippen LogP contribution in [0, 0.1) is 53.3 Å². The van der Waals surface area contributed by atoms with Crippen LogP contribution in [0.4, 0.5) is 0 Å². The quantitative estimate of drug-likeness (QED) is 0.549. The van der Waals surface area contributed by atoms with E-state index in [2.05, 4.69) is 13.8 Å². The molecule has 0 N–H and O–H groups in total. The van der Waals surface area contributed by atoms with Gasteiger partial charge in [-0.2, -0.15) is 0 Å². The molecule has 7 unspecified atom stereocenters. The first-order valence-corrected chi connectivity index (χ1v) is 10.4. The Labute approximate surface area is 162 Å². The van der Waals surface area contributed by atoms with Crippen LogP contribution in [0.5, 0.6) is 0 Å². The van der Waals surface area contributed by atoms with Crippen molar-refractivity contribution >= 4 is 17.9 Å². The second-order valence-corrected chi connectivity index (χ2v) is 10.5. The number of carbonyl (C=O) groups is 3. The molecule has 0 radical (unpaired) electrons. The summed E-state index contributed by atoms with van der Waals surface area (Å²) in [6.45, 7) is 14.0. The number of hydrogen-bond acceptors (Lipinski definition) is 5. The van der Waals surface area contributed by atoms with Crippen molar-refractivity contribution in [2.45, 2.75) is 66.9 Å². The van der Waals surface area contributed by atoms with Gasteiger partial charge in [-0.15, -0.1) is 0 Å². The fourth-order valence-corrected chi connectivity index (χ4v) is 6.21. The van der Waals surface area contributed by atoms with E-state index in [-0.39, 0.29) is 41.6 Å². The van der Waals surface area contributed by atoms with Crippen molar-refractivity contribution < 1.29 is 23.9 Å². The third-order valence-corrected chi connectivity index (χ3v) is 6.88. The molecule has 3 fully saturated rings.